The number of aryl methyl sites for hydroxylation is 2. The minimum Gasteiger partial charge on any atom is -0.457 e. The van der Waals surface area contributed by atoms with Crippen LogP contribution < -0.4 is 9.64 Å². The largest absolute Gasteiger partial charge is 0.457 e. The first-order valence-corrected chi connectivity index (χ1v) is 19.5. The lowest BCUT2D eigenvalue weighted by Crippen LogP contribution is -2.48. The predicted octanol–water partition coefficient (Wildman–Crippen LogP) is 11.0. The van der Waals surface area contributed by atoms with Gasteiger partial charge in [-0.2, -0.15) is 0 Å². The lowest BCUT2D eigenvalue weighted by Gasteiger charge is -2.35. The molecule has 0 saturated heterocycles. The summed E-state index contributed by atoms with van der Waals surface area (Å²) in [6.45, 7) is 12.7. The van der Waals surface area contributed by atoms with Crippen LogP contribution in [0.15, 0.2) is 109 Å². The van der Waals surface area contributed by atoms with Crippen LogP contribution in [-0.4, -0.2) is 34.1 Å². The van der Waals surface area contributed by atoms with Crippen molar-refractivity contribution in [2.24, 2.45) is 0 Å². The number of imide groups is 2. The van der Waals surface area contributed by atoms with E-state index in [2.05, 4.69) is 45.0 Å². The molecule has 2 aliphatic heterocycles. The molecule has 5 aromatic rings. The number of ether oxygens (including phenoxy) is 1. The molecule has 280 valence electrons. The van der Waals surface area contributed by atoms with Crippen LogP contribution in [0.4, 0.5) is 5.69 Å². The van der Waals surface area contributed by atoms with Crippen LogP contribution in [0.2, 0.25) is 0 Å². The van der Waals surface area contributed by atoms with Gasteiger partial charge in [0.15, 0.2) is 0 Å². The maximum Gasteiger partial charge on any atom is 0.266 e. The third-order valence-corrected chi connectivity index (χ3v) is 12.3. The zero-order valence-corrected chi connectivity index (χ0v) is 32.6. The number of anilines is 1. The van der Waals surface area contributed by atoms with E-state index >= 15 is 0 Å². The zero-order valence-electron chi connectivity index (χ0n) is 32.6. The molecule has 0 saturated carbocycles. The van der Waals surface area contributed by atoms with E-state index in [1.54, 1.807) is 36.4 Å². The smallest absolute Gasteiger partial charge is 0.266 e. The Labute approximate surface area is 323 Å². The Morgan fingerprint density at radius 1 is 0.509 bits per heavy atom. The topological polar surface area (TPSA) is 84.0 Å². The molecule has 2 heterocycles. The number of carbonyl (C=O) groups excluding carboxylic acids is 4. The van der Waals surface area contributed by atoms with E-state index in [4.69, 9.17) is 4.74 Å². The highest BCUT2D eigenvalue weighted by molar-refractivity contribution is 6.34. The van der Waals surface area contributed by atoms with Crippen molar-refractivity contribution >= 4 is 29.3 Å². The van der Waals surface area contributed by atoms with E-state index in [0.717, 1.165) is 48.3 Å². The first kappa shape index (κ1) is 37.5. The fraction of sp³-hybridized carbons (Fsp3) is 0.292. The molecular weight excluding hydrogens is 685 g/mol. The van der Waals surface area contributed by atoms with E-state index in [1.807, 2.05) is 69.3 Å². The predicted molar refractivity (Wildman–Crippen MR) is 217 cm³/mol. The third-order valence-electron chi connectivity index (χ3n) is 12.3. The summed E-state index contributed by atoms with van der Waals surface area (Å²) in [7, 11) is 0. The summed E-state index contributed by atoms with van der Waals surface area (Å²) < 4.78 is 6.21. The number of benzene rings is 5. The monoisotopic (exact) mass is 732 g/mol. The molecule has 0 aromatic heterocycles. The molecule has 0 aliphatic carbocycles. The quantitative estimate of drug-likeness (QED) is 0.113. The molecule has 7 nitrogen and oxygen atoms in total. The van der Waals surface area contributed by atoms with Crippen molar-refractivity contribution in [2.75, 3.05) is 4.90 Å². The molecule has 0 atom stereocenters. The second-order valence-corrected chi connectivity index (χ2v) is 15.3. The lowest BCUT2D eigenvalue weighted by molar-refractivity contribution is 0.0434. The second-order valence-electron chi connectivity index (χ2n) is 15.3. The van der Waals surface area contributed by atoms with Gasteiger partial charge < -0.3 is 4.74 Å². The standard InChI is InChI=1S/C48H48N2O5/c1-7-47(5,8-2)35-20-24-37(25-21-35)55-38-13-11-12-32(28-38)15-14-31-16-22-36(23-17-31)49-43(51)39-26-18-33(29-41(39)44(49)52)34-19-27-40-42(30-34)46(54)50(45(40)53)48(6,9-3)10-4/h11-13,16-30H,7-10,14-15H2,1-6H3. The van der Waals surface area contributed by atoms with Crippen LogP contribution in [0, 0.1) is 0 Å². The number of amides is 4. The van der Waals surface area contributed by atoms with Gasteiger partial charge in [0.1, 0.15) is 11.5 Å². The van der Waals surface area contributed by atoms with Gasteiger partial charge in [-0.25, -0.2) is 4.90 Å². The normalized spacial score (nSPS) is 14.1. The van der Waals surface area contributed by atoms with E-state index < -0.39 is 11.4 Å². The molecule has 0 N–H and O–H groups in total. The molecule has 0 bridgehead atoms. The van der Waals surface area contributed by atoms with E-state index in [-0.39, 0.29) is 23.1 Å². The minimum atomic E-state index is -0.573. The van der Waals surface area contributed by atoms with Crippen molar-refractivity contribution in [3.63, 3.8) is 0 Å². The van der Waals surface area contributed by atoms with Crippen molar-refractivity contribution in [3.05, 3.63) is 148 Å². The molecule has 7 rings (SSSR count). The van der Waals surface area contributed by atoms with Crippen LogP contribution in [0.1, 0.15) is 125 Å². The van der Waals surface area contributed by atoms with Crippen molar-refractivity contribution in [1.29, 1.82) is 0 Å². The molecule has 2 aliphatic rings. The Morgan fingerprint density at radius 3 is 1.65 bits per heavy atom. The Bertz CT molecular complexity index is 2300. The molecule has 55 heavy (non-hydrogen) atoms. The first-order chi connectivity index (χ1) is 26.4. The van der Waals surface area contributed by atoms with Gasteiger partial charge in [0.05, 0.1) is 27.9 Å². The van der Waals surface area contributed by atoms with Gasteiger partial charge in [-0.1, -0.05) is 83.1 Å². The number of rotatable bonds is 13. The van der Waals surface area contributed by atoms with E-state index in [0.29, 0.717) is 51.9 Å². The average Bonchev–Trinajstić information content (AvgIpc) is 3.63. The van der Waals surface area contributed by atoms with Gasteiger partial charge in [-0.15, -0.1) is 0 Å². The maximum absolute atomic E-state index is 13.7. The first-order valence-electron chi connectivity index (χ1n) is 19.5. The van der Waals surface area contributed by atoms with Crippen LogP contribution in [0.25, 0.3) is 11.1 Å². The summed E-state index contributed by atoms with van der Waals surface area (Å²) in [5.41, 5.74) is 6.41. The molecule has 4 amide bonds. The number of hydrogen-bond donors (Lipinski definition) is 0. The second kappa shape index (κ2) is 14.8. The highest BCUT2D eigenvalue weighted by atomic mass is 16.5. The number of fused-ring (bicyclic) bond motifs is 2. The molecule has 0 unspecified atom stereocenters. The summed E-state index contributed by atoms with van der Waals surface area (Å²) in [6.07, 6.45) is 5.06. The van der Waals surface area contributed by atoms with Crippen molar-refractivity contribution in [2.45, 2.75) is 91.0 Å². The fourth-order valence-corrected chi connectivity index (χ4v) is 7.72. The highest BCUT2D eigenvalue weighted by Gasteiger charge is 2.45. The SMILES string of the molecule is CCC(C)(CC)c1ccc(Oc2cccc(CCc3ccc(N4C(=O)c5ccc(-c6ccc7c(c6)C(=O)N(C(C)(CC)CC)C7=O)cc5C4=O)cc3)c2)cc1. The van der Waals surface area contributed by atoms with Gasteiger partial charge >= 0.3 is 0 Å². The van der Waals surface area contributed by atoms with Crippen LogP contribution >= 0.6 is 0 Å². The summed E-state index contributed by atoms with van der Waals surface area (Å²) in [5.74, 6) is 0.246. The van der Waals surface area contributed by atoms with E-state index in [9.17, 15) is 19.2 Å². The van der Waals surface area contributed by atoms with E-state index in [1.165, 1.54) is 15.4 Å². The Morgan fingerprint density at radius 2 is 1.05 bits per heavy atom. The maximum atomic E-state index is 13.7. The van der Waals surface area contributed by atoms with Gasteiger partial charge in [0.25, 0.3) is 23.6 Å². The summed E-state index contributed by atoms with van der Waals surface area (Å²) in [4.78, 5) is 56.6. The molecule has 0 spiro atoms. The van der Waals surface area contributed by atoms with Crippen LogP contribution in [0.5, 0.6) is 11.5 Å². The fourth-order valence-electron chi connectivity index (χ4n) is 7.72. The molecular formula is C48H48N2O5. The van der Waals surface area contributed by atoms with Crippen LogP contribution in [0.3, 0.4) is 0 Å². The molecule has 7 heteroatoms. The highest BCUT2D eigenvalue weighted by Crippen LogP contribution is 2.38. The third kappa shape index (κ3) is 6.77. The summed E-state index contributed by atoms with van der Waals surface area (Å²) in [6, 6.07) is 34.5. The summed E-state index contributed by atoms with van der Waals surface area (Å²) in [5, 5.41) is 0. The van der Waals surface area contributed by atoms with Gasteiger partial charge in [-0.3, -0.25) is 24.1 Å². The van der Waals surface area contributed by atoms with Crippen molar-refractivity contribution < 1.29 is 23.9 Å². The van der Waals surface area contributed by atoms with Crippen LogP contribution in [-0.2, 0) is 18.3 Å². The Hall–Kier alpha value is -5.82. The summed E-state index contributed by atoms with van der Waals surface area (Å²) >= 11 is 0. The molecule has 0 fully saturated rings. The average molecular weight is 733 g/mol. The number of hydrogen-bond acceptors (Lipinski definition) is 5. The lowest BCUT2D eigenvalue weighted by atomic mass is 9.78. The number of carbonyl (C=O) groups is 4. The Balaban J connectivity index is 1.01. The number of nitrogens with zero attached hydrogens (tertiary/aromatic N) is 2. The van der Waals surface area contributed by atoms with Crippen molar-refractivity contribution in [3.8, 4) is 22.6 Å². The molecule has 5 aromatic carbocycles. The Kier molecular flexibility index (Phi) is 10.1. The van der Waals surface area contributed by atoms with Crippen molar-refractivity contribution in [1.82, 2.24) is 4.90 Å². The molecule has 0 radical (unpaired) electrons. The zero-order chi connectivity index (χ0) is 39.1. The minimum absolute atomic E-state index is 0.166. The van der Waals surface area contributed by atoms with Gasteiger partial charge in [-0.05, 0) is 139 Å². The van der Waals surface area contributed by atoms with Gasteiger partial charge in [0, 0.05) is 5.54 Å². The van der Waals surface area contributed by atoms with Gasteiger partial charge in [0.2, 0.25) is 0 Å².